The summed E-state index contributed by atoms with van der Waals surface area (Å²) in [5, 5.41) is 1.13. The minimum absolute atomic E-state index is 0.265. The van der Waals surface area contributed by atoms with E-state index >= 15 is 0 Å². The van der Waals surface area contributed by atoms with E-state index in [2.05, 4.69) is 19.9 Å². The van der Waals surface area contributed by atoms with E-state index in [4.69, 9.17) is 5.73 Å². The molecule has 100 valence electrons. The van der Waals surface area contributed by atoms with Crippen molar-refractivity contribution in [2.45, 2.75) is 10.3 Å². The molecule has 0 aliphatic rings. The summed E-state index contributed by atoms with van der Waals surface area (Å²) in [6.45, 7) is 0. The first-order valence-electron chi connectivity index (χ1n) is 5.64. The van der Waals surface area contributed by atoms with E-state index < -0.39 is 0 Å². The zero-order chi connectivity index (χ0) is 14.1. The van der Waals surface area contributed by atoms with E-state index in [9.17, 15) is 9.59 Å². The Labute approximate surface area is 116 Å². The minimum atomic E-state index is -0.289. The minimum Gasteiger partial charge on any atom is -0.399 e. The summed E-state index contributed by atoms with van der Waals surface area (Å²) in [5.74, 6) is 0. The highest BCUT2D eigenvalue weighted by atomic mass is 32.2. The number of nitrogens with one attached hydrogen (secondary N) is 2. The standard InChI is InChI=1S/C12H9N5O2S/c13-6-1-2-8-7(5-6)10(19)17-12(15-8)20-11-14-4-3-9(18)16-11/h1-5H,13H2,(H,14,16,18)(H,15,17,19). The Hall–Kier alpha value is -2.61. The molecule has 0 amide bonds. The third kappa shape index (κ3) is 2.41. The number of nitrogens with zero attached hydrogens (tertiary/aromatic N) is 2. The lowest BCUT2D eigenvalue weighted by Crippen LogP contribution is -2.10. The molecule has 0 fully saturated rings. The van der Waals surface area contributed by atoms with Gasteiger partial charge in [-0.25, -0.2) is 9.97 Å². The first-order valence-corrected chi connectivity index (χ1v) is 6.46. The fourth-order valence-electron chi connectivity index (χ4n) is 1.68. The lowest BCUT2D eigenvalue weighted by Gasteiger charge is -2.02. The number of hydrogen-bond acceptors (Lipinski definition) is 6. The molecule has 0 aliphatic carbocycles. The highest BCUT2D eigenvalue weighted by molar-refractivity contribution is 7.99. The van der Waals surface area contributed by atoms with Crippen molar-refractivity contribution in [1.29, 1.82) is 0 Å². The summed E-state index contributed by atoms with van der Waals surface area (Å²) < 4.78 is 0. The van der Waals surface area contributed by atoms with Crippen molar-refractivity contribution in [2.24, 2.45) is 0 Å². The normalized spacial score (nSPS) is 10.8. The van der Waals surface area contributed by atoms with Crippen molar-refractivity contribution in [3.05, 3.63) is 51.2 Å². The van der Waals surface area contributed by atoms with Crippen LogP contribution >= 0.6 is 11.8 Å². The number of nitrogens with two attached hydrogens (primary N) is 1. The predicted molar refractivity (Wildman–Crippen MR) is 75.8 cm³/mol. The molecule has 1 aromatic carbocycles. The van der Waals surface area contributed by atoms with Crippen LogP contribution in [0.5, 0.6) is 0 Å². The van der Waals surface area contributed by atoms with Gasteiger partial charge < -0.3 is 15.7 Å². The second-order valence-corrected chi connectivity index (χ2v) is 4.97. The zero-order valence-corrected chi connectivity index (χ0v) is 10.9. The molecule has 0 spiro atoms. The Morgan fingerprint density at radius 2 is 1.95 bits per heavy atom. The summed E-state index contributed by atoms with van der Waals surface area (Å²) in [6.07, 6.45) is 1.39. The van der Waals surface area contributed by atoms with Crippen LogP contribution in [0.25, 0.3) is 10.9 Å². The van der Waals surface area contributed by atoms with Crippen LogP contribution in [0.3, 0.4) is 0 Å². The van der Waals surface area contributed by atoms with Gasteiger partial charge in [-0.1, -0.05) is 0 Å². The van der Waals surface area contributed by atoms with Gasteiger partial charge in [0.15, 0.2) is 10.3 Å². The van der Waals surface area contributed by atoms with Gasteiger partial charge in [0.2, 0.25) is 0 Å². The summed E-state index contributed by atoms with van der Waals surface area (Å²) >= 11 is 1.07. The molecular formula is C12H9N5O2S. The Bertz CT molecular complexity index is 902. The molecule has 0 unspecified atom stereocenters. The number of hydrogen-bond donors (Lipinski definition) is 3. The smallest absolute Gasteiger partial charge is 0.259 e. The lowest BCUT2D eigenvalue weighted by molar-refractivity contribution is 0.913. The Kier molecular flexibility index (Phi) is 2.99. The first kappa shape index (κ1) is 12.4. The fourth-order valence-corrected chi connectivity index (χ4v) is 2.41. The van der Waals surface area contributed by atoms with E-state index in [1.165, 1.54) is 12.3 Å². The van der Waals surface area contributed by atoms with Crippen molar-refractivity contribution >= 4 is 28.4 Å². The molecule has 0 saturated heterocycles. The van der Waals surface area contributed by atoms with Gasteiger partial charge in [-0.15, -0.1) is 0 Å². The average Bonchev–Trinajstić information content (AvgIpc) is 2.40. The van der Waals surface area contributed by atoms with Crippen LogP contribution in [0.1, 0.15) is 0 Å². The number of nitrogen functional groups attached to an aromatic ring is 1. The SMILES string of the molecule is Nc1ccc2nc(Sc3nccc(=O)[nH]3)[nH]c(=O)c2c1. The Balaban J connectivity index is 2.07. The van der Waals surface area contributed by atoms with Crippen LogP contribution in [-0.4, -0.2) is 19.9 Å². The number of rotatable bonds is 2. The van der Waals surface area contributed by atoms with E-state index in [1.807, 2.05) is 0 Å². The Morgan fingerprint density at radius 1 is 1.10 bits per heavy atom. The quantitative estimate of drug-likeness (QED) is 0.472. The zero-order valence-electron chi connectivity index (χ0n) is 10.1. The molecule has 2 aromatic heterocycles. The van der Waals surface area contributed by atoms with E-state index in [0.29, 0.717) is 26.9 Å². The van der Waals surface area contributed by atoms with Gasteiger partial charge in [0.1, 0.15) is 0 Å². The van der Waals surface area contributed by atoms with Crippen LogP contribution in [0.15, 0.2) is 50.4 Å². The molecule has 7 nitrogen and oxygen atoms in total. The van der Waals surface area contributed by atoms with Crippen LogP contribution in [0.4, 0.5) is 5.69 Å². The average molecular weight is 287 g/mol. The molecule has 3 rings (SSSR count). The molecule has 3 aromatic rings. The maximum atomic E-state index is 12.0. The number of benzene rings is 1. The highest BCUT2D eigenvalue weighted by Gasteiger charge is 2.07. The summed E-state index contributed by atoms with van der Waals surface area (Å²) in [4.78, 5) is 36.6. The number of aromatic amines is 2. The molecule has 2 heterocycles. The Morgan fingerprint density at radius 3 is 2.75 bits per heavy atom. The van der Waals surface area contributed by atoms with E-state index in [0.717, 1.165) is 11.8 Å². The van der Waals surface area contributed by atoms with Gasteiger partial charge >= 0.3 is 0 Å². The molecule has 0 atom stereocenters. The molecular weight excluding hydrogens is 278 g/mol. The molecule has 0 bridgehead atoms. The second-order valence-electron chi connectivity index (χ2n) is 3.99. The van der Waals surface area contributed by atoms with Crippen LogP contribution in [0, 0.1) is 0 Å². The van der Waals surface area contributed by atoms with E-state index in [1.54, 1.807) is 18.2 Å². The number of aromatic nitrogens is 4. The van der Waals surface area contributed by atoms with Gasteiger partial charge in [-0.2, -0.15) is 0 Å². The van der Waals surface area contributed by atoms with Gasteiger partial charge in [0, 0.05) is 18.0 Å². The fraction of sp³-hybridized carbons (Fsp3) is 0. The van der Waals surface area contributed by atoms with Crippen molar-refractivity contribution in [1.82, 2.24) is 19.9 Å². The third-order valence-corrected chi connectivity index (χ3v) is 3.34. The van der Waals surface area contributed by atoms with Gasteiger partial charge in [0.05, 0.1) is 10.9 Å². The maximum Gasteiger partial charge on any atom is 0.259 e. The number of fused-ring (bicyclic) bond motifs is 1. The van der Waals surface area contributed by atoms with Crippen molar-refractivity contribution < 1.29 is 0 Å². The molecule has 4 N–H and O–H groups in total. The second kappa shape index (κ2) is 4.82. The number of anilines is 1. The van der Waals surface area contributed by atoms with Crippen molar-refractivity contribution in [3.8, 4) is 0 Å². The molecule has 0 aliphatic heterocycles. The summed E-state index contributed by atoms with van der Waals surface area (Å²) in [6, 6.07) is 6.22. The van der Waals surface area contributed by atoms with E-state index in [-0.39, 0.29) is 11.1 Å². The third-order valence-electron chi connectivity index (χ3n) is 2.55. The van der Waals surface area contributed by atoms with Crippen LogP contribution in [-0.2, 0) is 0 Å². The summed E-state index contributed by atoms with van der Waals surface area (Å²) in [7, 11) is 0. The highest BCUT2D eigenvalue weighted by Crippen LogP contribution is 2.20. The van der Waals surface area contributed by atoms with Crippen molar-refractivity contribution in [3.63, 3.8) is 0 Å². The largest absolute Gasteiger partial charge is 0.399 e. The van der Waals surface area contributed by atoms with Crippen LogP contribution in [0.2, 0.25) is 0 Å². The maximum absolute atomic E-state index is 12.0. The van der Waals surface area contributed by atoms with Gasteiger partial charge in [-0.3, -0.25) is 9.59 Å². The molecule has 20 heavy (non-hydrogen) atoms. The monoisotopic (exact) mass is 287 g/mol. The van der Waals surface area contributed by atoms with Gasteiger partial charge in [-0.05, 0) is 30.0 Å². The van der Waals surface area contributed by atoms with Gasteiger partial charge in [0.25, 0.3) is 11.1 Å². The lowest BCUT2D eigenvalue weighted by atomic mass is 10.2. The molecule has 8 heteroatoms. The summed E-state index contributed by atoms with van der Waals surface area (Å²) in [5.41, 5.74) is 6.11. The van der Waals surface area contributed by atoms with Crippen LogP contribution < -0.4 is 16.9 Å². The topological polar surface area (TPSA) is 118 Å². The first-order chi connectivity index (χ1) is 9.61. The molecule has 0 radical (unpaired) electrons. The van der Waals surface area contributed by atoms with Crippen molar-refractivity contribution in [2.75, 3.05) is 5.73 Å². The number of H-pyrrole nitrogens is 2. The molecule has 0 saturated carbocycles. The predicted octanol–water partition coefficient (Wildman–Crippen LogP) is 0.740.